The van der Waals surface area contributed by atoms with Crippen molar-refractivity contribution < 1.29 is 14.0 Å². The van der Waals surface area contributed by atoms with Crippen LogP contribution in [0.5, 0.6) is 11.5 Å². The molecule has 1 unspecified atom stereocenters. The lowest BCUT2D eigenvalue weighted by molar-refractivity contribution is -0.980. The van der Waals surface area contributed by atoms with Crippen LogP contribution in [0.15, 0.2) is 116 Å². The Morgan fingerprint density at radius 3 is 2.29 bits per heavy atom. The SMILES string of the molecule is c1cc[n+]2c(c1)-n1c3ccccc3c3ccc4c(c31)C21c2c(ccc3c5ncccc5c5c6ccccc6[n+]1n5c23)O4. The number of fused-ring (bicyclic) bond motifs is 11. The Hall–Kier alpha value is -5.75. The van der Waals surface area contributed by atoms with Gasteiger partial charge in [0.05, 0.1) is 17.1 Å². The van der Waals surface area contributed by atoms with Crippen LogP contribution in [0.1, 0.15) is 11.1 Å². The molecule has 192 valence electrons. The molecule has 12 rings (SSSR count). The quantitative estimate of drug-likeness (QED) is 0.164. The Labute approximate surface area is 237 Å². The molecule has 3 aliphatic rings. The summed E-state index contributed by atoms with van der Waals surface area (Å²) >= 11 is 0. The zero-order chi connectivity index (χ0) is 26.9. The first-order valence-corrected chi connectivity index (χ1v) is 14.3. The highest BCUT2D eigenvalue weighted by Gasteiger charge is 2.68. The van der Waals surface area contributed by atoms with Crippen LogP contribution in [0.25, 0.3) is 65.8 Å². The molecule has 6 heteroatoms. The van der Waals surface area contributed by atoms with Crippen molar-refractivity contribution in [2.24, 2.45) is 0 Å². The van der Waals surface area contributed by atoms with Crippen LogP contribution in [0.2, 0.25) is 0 Å². The Kier molecular flexibility index (Phi) is 3.01. The Balaban J connectivity index is 1.48. The molecule has 42 heavy (non-hydrogen) atoms. The van der Waals surface area contributed by atoms with Gasteiger partial charge in [-0.15, -0.1) is 4.52 Å². The number of rotatable bonds is 0. The fraction of sp³-hybridized carbons (Fsp3) is 0.0278. The summed E-state index contributed by atoms with van der Waals surface area (Å²) < 4.78 is 16.8. The molecule has 5 aromatic heterocycles. The number of pyridine rings is 3. The molecule has 0 radical (unpaired) electrons. The normalized spacial score (nSPS) is 17.3. The molecule has 1 spiro atoms. The Bertz CT molecular complexity index is 2790. The van der Waals surface area contributed by atoms with Gasteiger partial charge in [-0.05, 0) is 65.3 Å². The van der Waals surface area contributed by atoms with E-state index in [0.717, 1.165) is 44.7 Å². The van der Waals surface area contributed by atoms with Crippen molar-refractivity contribution in [3.63, 3.8) is 0 Å². The van der Waals surface area contributed by atoms with Gasteiger partial charge in [0.15, 0.2) is 16.6 Å². The second-order valence-corrected chi connectivity index (χ2v) is 11.6. The topological polar surface area (TPSA) is 39.2 Å². The van der Waals surface area contributed by atoms with Gasteiger partial charge in [0.2, 0.25) is 5.52 Å². The molecule has 6 nitrogen and oxygen atoms in total. The van der Waals surface area contributed by atoms with Crippen molar-refractivity contribution >= 4 is 60.0 Å². The summed E-state index contributed by atoms with van der Waals surface area (Å²) in [6.45, 7) is 0. The fourth-order valence-corrected chi connectivity index (χ4v) is 8.57. The van der Waals surface area contributed by atoms with E-state index in [-0.39, 0.29) is 0 Å². The molecule has 0 saturated heterocycles. The molecule has 0 N–H and O–H groups in total. The van der Waals surface area contributed by atoms with Crippen LogP contribution in [0.3, 0.4) is 0 Å². The van der Waals surface area contributed by atoms with E-state index in [1.165, 1.54) is 43.8 Å². The van der Waals surface area contributed by atoms with Crippen LogP contribution in [0, 0.1) is 0 Å². The van der Waals surface area contributed by atoms with Gasteiger partial charge < -0.3 is 4.74 Å². The number of nitrogens with zero attached hydrogens (tertiary/aromatic N) is 5. The Morgan fingerprint density at radius 2 is 1.36 bits per heavy atom. The van der Waals surface area contributed by atoms with E-state index in [9.17, 15) is 0 Å². The van der Waals surface area contributed by atoms with Crippen LogP contribution in [0.4, 0.5) is 0 Å². The molecular weight excluding hydrogens is 518 g/mol. The summed E-state index contributed by atoms with van der Waals surface area (Å²) in [6.07, 6.45) is 4.15. The maximum absolute atomic E-state index is 6.89. The van der Waals surface area contributed by atoms with Crippen LogP contribution < -0.4 is 14.0 Å². The molecule has 9 aromatic rings. The number of hydrogen-bond acceptors (Lipinski definition) is 2. The second kappa shape index (κ2) is 6.26. The average Bonchev–Trinajstić information content (AvgIpc) is 3.68. The molecule has 3 aliphatic heterocycles. The van der Waals surface area contributed by atoms with Crippen molar-refractivity contribution in [2.75, 3.05) is 0 Å². The average molecular weight is 538 g/mol. The first-order chi connectivity index (χ1) is 20.9. The van der Waals surface area contributed by atoms with E-state index in [1.807, 2.05) is 12.3 Å². The molecule has 0 bridgehead atoms. The lowest BCUT2D eigenvalue weighted by Gasteiger charge is -2.33. The van der Waals surface area contributed by atoms with Crippen molar-refractivity contribution in [2.45, 2.75) is 5.66 Å². The molecule has 0 amide bonds. The molecule has 0 aliphatic carbocycles. The third kappa shape index (κ3) is 1.82. The maximum atomic E-state index is 6.89. The zero-order valence-corrected chi connectivity index (χ0v) is 22.1. The van der Waals surface area contributed by atoms with E-state index in [1.54, 1.807) is 0 Å². The second-order valence-electron chi connectivity index (χ2n) is 11.6. The molecule has 0 saturated carbocycles. The minimum Gasteiger partial charge on any atom is -0.456 e. The standard InChI is InChI=1S/C36H19N5O/c1-3-11-25-20(8-1)21-14-16-27-30-34(21)39(25)29-13-5-6-19-38(29)36(30)31-28(42-27)17-15-24-32-23(10-7-18-37-32)33-22-9-2-4-12-26(22)41(36)40(33)35(24)31/h1-19H/q+2. The largest absolute Gasteiger partial charge is 0.456 e. The van der Waals surface area contributed by atoms with Crippen LogP contribution >= 0.6 is 0 Å². The molecule has 0 fully saturated rings. The predicted molar refractivity (Wildman–Crippen MR) is 161 cm³/mol. The van der Waals surface area contributed by atoms with Gasteiger partial charge in [0.1, 0.15) is 28.0 Å². The summed E-state index contributed by atoms with van der Waals surface area (Å²) in [6, 6.07) is 37.1. The molecular formula is C36H19N5O+2. The maximum Gasteiger partial charge on any atom is 0.398 e. The van der Waals surface area contributed by atoms with E-state index in [2.05, 4.69) is 122 Å². The minimum atomic E-state index is -0.714. The fourth-order valence-electron chi connectivity index (χ4n) is 8.57. The van der Waals surface area contributed by atoms with Crippen LogP contribution in [-0.4, -0.2) is 14.1 Å². The monoisotopic (exact) mass is 537 g/mol. The summed E-state index contributed by atoms with van der Waals surface area (Å²) in [7, 11) is 0. The highest BCUT2D eigenvalue weighted by atomic mass is 16.5. The first kappa shape index (κ1) is 20.2. The Morgan fingerprint density at radius 1 is 0.619 bits per heavy atom. The molecule has 1 atom stereocenters. The van der Waals surface area contributed by atoms with Gasteiger partial charge in [-0.1, -0.05) is 30.3 Å². The van der Waals surface area contributed by atoms with E-state index in [4.69, 9.17) is 9.72 Å². The smallest absolute Gasteiger partial charge is 0.398 e. The van der Waals surface area contributed by atoms with Crippen LogP contribution in [-0.2, 0) is 5.66 Å². The number of para-hydroxylation sites is 2. The number of aromatic nitrogens is 5. The van der Waals surface area contributed by atoms with Gasteiger partial charge in [-0.2, -0.15) is 9.13 Å². The lowest BCUT2D eigenvalue weighted by Crippen LogP contribution is -2.76. The number of ether oxygens (including phenoxy) is 1. The van der Waals surface area contributed by atoms with Gasteiger partial charge in [-0.25, -0.2) is 0 Å². The van der Waals surface area contributed by atoms with Gasteiger partial charge >= 0.3 is 5.66 Å². The van der Waals surface area contributed by atoms with Crippen molar-refractivity contribution in [3.8, 4) is 17.3 Å². The third-order valence-corrected chi connectivity index (χ3v) is 9.91. The van der Waals surface area contributed by atoms with Gasteiger partial charge in [0, 0.05) is 39.9 Å². The van der Waals surface area contributed by atoms with Crippen molar-refractivity contribution in [1.82, 2.24) is 14.1 Å². The number of benzene rings is 4. The van der Waals surface area contributed by atoms with E-state index in [0.29, 0.717) is 0 Å². The summed E-state index contributed by atoms with van der Waals surface area (Å²) in [5.74, 6) is 2.90. The van der Waals surface area contributed by atoms with Crippen molar-refractivity contribution in [3.05, 3.63) is 127 Å². The molecule has 8 heterocycles. The molecule has 4 aromatic carbocycles. The predicted octanol–water partition coefficient (Wildman–Crippen LogP) is 6.50. The number of hydrogen-bond donors (Lipinski definition) is 0. The zero-order valence-electron chi connectivity index (χ0n) is 22.1. The third-order valence-electron chi connectivity index (χ3n) is 9.91. The highest BCUT2D eigenvalue weighted by molar-refractivity contribution is 6.18. The van der Waals surface area contributed by atoms with E-state index < -0.39 is 5.66 Å². The highest BCUT2D eigenvalue weighted by Crippen LogP contribution is 2.56. The summed E-state index contributed by atoms with van der Waals surface area (Å²) in [5, 5.41) is 5.97. The van der Waals surface area contributed by atoms with Gasteiger partial charge in [0.25, 0.3) is 5.82 Å². The summed E-state index contributed by atoms with van der Waals surface area (Å²) in [5.41, 5.74) is 8.53. The van der Waals surface area contributed by atoms with E-state index >= 15 is 0 Å². The first-order valence-electron chi connectivity index (χ1n) is 14.3. The minimum absolute atomic E-state index is 0.714. The summed E-state index contributed by atoms with van der Waals surface area (Å²) in [4.78, 5) is 4.96. The van der Waals surface area contributed by atoms with Crippen molar-refractivity contribution in [1.29, 1.82) is 0 Å². The lowest BCUT2D eigenvalue weighted by atomic mass is 9.83. The van der Waals surface area contributed by atoms with Gasteiger partial charge in [-0.3, -0.25) is 4.98 Å².